The van der Waals surface area contributed by atoms with Crippen LogP contribution >= 0.6 is 8.03 Å². The van der Waals surface area contributed by atoms with Crippen molar-refractivity contribution in [3.8, 4) is 0 Å². The molecule has 8 heteroatoms. The first-order valence-electron chi connectivity index (χ1n) is 9.82. The lowest BCUT2D eigenvalue weighted by atomic mass is 10.0. The van der Waals surface area contributed by atoms with Crippen LogP contribution in [0.1, 0.15) is 91.3 Å². The van der Waals surface area contributed by atoms with Crippen molar-refractivity contribution in [2.24, 2.45) is 0 Å². The number of hydrogen-bond acceptors (Lipinski definition) is 7. The Morgan fingerprint density at radius 2 is 1.93 bits per heavy atom. The molecule has 0 spiro atoms. The minimum Gasteiger partial charge on any atom is -0.457 e. The van der Waals surface area contributed by atoms with Gasteiger partial charge in [0.15, 0.2) is 5.82 Å². The van der Waals surface area contributed by atoms with Crippen molar-refractivity contribution in [3.63, 3.8) is 0 Å². The summed E-state index contributed by atoms with van der Waals surface area (Å²) >= 11 is 0. The summed E-state index contributed by atoms with van der Waals surface area (Å²) in [6.45, 7) is 11.5. The van der Waals surface area contributed by atoms with Crippen LogP contribution in [0, 0.1) is 0 Å². The van der Waals surface area contributed by atoms with Crippen LogP contribution < -0.4 is 0 Å². The molecule has 0 amide bonds. The molecule has 154 valence electrons. The molecule has 27 heavy (non-hydrogen) atoms. The number of carbonyl (C=O) groups is 1. The van der Waals surface area contributed by atoms with E-state index in [-0.39, 0.29) is 24.8 Å². The summed E-state index contributed by atoms with van der Waals surface area (Å²) in [7, 11) is -2.23. The van der Waals surface area contributed by atoms with E-state index >= 15 is 0 Å². The largest absolute Gasteiger partial charge is 0.523 e. The molecule has 0 N–H and O–H groups in total. The van der Waals surface area contributed by atoms with Gasteiger partial charge in [-0.2, -0.15) is 4.98 Å². The maximum atomic E-state index is 12.4. The normalized spacial score (nSPS) is 14.7. The molecule has 0 fully saturated rings. The fourth-order valence-corrected chi connectivity index (χ4v) is 3.52. The summed E-state index contributed by atoms with van der Waals surface area (Å²) in [5.41, 5.74) is -1.64. The predicted octanol–water partition coefficient (Wildman–Crippen LogP) is 5.18. The average molecular weight is 401 g/mol. The lowest BCUT2D eigenvalue weighted by Crippen LogP contribution is -2.31. The second-order valence-electron chi connectivity index (χ2n) is 7.75. The first kappa shape index (κ1) is 23.7. The van der Waals surface area contributed by atoms with E-state index in [1.165, 1.54) is 19.3 Å². The first-order valence-corrected chi connectivity index (χ1v) is 11.1. The van der Waals surface area contributed by atoms with Crippen LogP contribution in [-0.2, 0) is 25.0 Å². The predicted molar refractivity (Wildman–Crippen MR) is 104 cm³/mol. The summed E-state index contributed by atoms with van der Waals surface area (Å²) in [5, 5.41) is 4.03. The van der Waals surface area contributed by atoms with E-state index in [0.29, 0.717) is 5.82 Å². The van der Waals surface area contributed by atoms with E-state index in [2.05, 4.69) is 24.0 Å². The highest BCUT2D eigenvalue weighted by molar-refractivity contribution is 7.41. The topological polar surface area (TPSA) is 91.5 Å². The molecule has 1 heterocycles. The van der Waals surface area contributed by atoms with Crippen molar-refractivity contribution >= 4 is 14.0 Å². The van der Waals surface area contributed by atoms with Crippen molar-refractivity contribution < 1.29 is 23.1 Å². The molecule has 2 unspecified atom stereocenters. The second-order valence-corrected chi connectivity index (χ2v) is 9.21. The van der Waals surface area contributed by atoms with Gasteiger partial charge in [0.25, 0.3) is 5.66 Å². The fourth-order valence-electron chi connectivity index (χ4n) is 2.55. The molecule has 1 rings (SSSR count). The van der Waals surface area contributed by atoms with Gasteiger partial charge in [0.2, 0.25) is 5.89 Å². The highest BCUT2D eigenvalue weighted by Gasteiger charge is 2.44. The van der Waals surface area contributed by atoms with Crippen molar-refractivity contribution in [1.82, 2.24) is 10.1 Å². The highest BCUT2D eigenvalue weighted by Crippen LogP contribution is 2.34. The fraction of sp³-hybridized carbons (Fsp3) is 0.842. The van der Waals surface area contributed by atoms with Gasteiger partial charge in [-0.05, 0) is 38.7 Å². The number of hydrogen-bond donors (Lipinski definition) is 0. The Hall–Kier alpha value is -1.33. The Balaban J connectivity index is 2.76. The Morgan fingerprint density at radius 3 is 2.52 bits per heavy atom. The molecule has 0 aliphatic heterocycles. The quantitative estimate of drug-likeness (QED) is 0.271. The molecule has 0 aliphatic carbocycles. The van der Waals surface area contributed by atoms with Crippen molar-refractivity contribution in [1.29, 1.82) is 0 Å². The molecule has 0 radical (unpaired) electrons. The molecule has 0 saturated carbocycles. The van der Waals surface area contributed by atoms with Gasteiger partial charge in [0.05, 0.1) is 13.0 Å². The molecule has 0 bridgehead atoms. The number of unbranched alkanes of at least 4 members (excludes halogenated alkanes) is 3. The lowest BCUT2D eigenvalue weighted by Gasteiger charge is -2.19. The molecular weight excluding hydrogens is 367 g/mol. The SMILES string of the molecule is CCCCCC[C@@H](C)c1noc(CC(C(=O)OC(C)(C)C)[P+](=O)OCC)n1. The Labute approximate surface area is 163 Å². The molecule has 3 atom stereocenters. The third-order valence-electron chi connectivity index (χ3n) is 3.97. The van der Waals surface area contributed by atoms with Gasteiger partial charge >= 0.3 is 14.0 Å². The summed E-state index contributed by atoms with van der Waals surface area (Å²) in [6.07, 6.45) is 5.77. The van der Waals surface area contributed by atoms with E-state index in [0.717, 1.165) is 12.8 Å². The second kappa shape index (κ2) is 11.5. The van der Waals surface area contributed by atoms with Gasteiger partial charge in [-0.25, -0.2) is 4.79 Å². The molecular formula is C19H34N2O5P+. The van der Waals surface area contributed by atoms with Gasteiger partial charge in [-0.15, -0.1) is 4.52 Å². The summed E-state index contributed by atoms with van der Waals surface area (Å²) in [6, 6.07) is 0. The van der Waals surface area contributed by atoms with Crippen LogP contribution in [0.4, 0.5) is 0 Å². The van der Waals surface area contributed by atoms with Crippen LogP contribution in [0.2, 0.25) is 0 Å². The molecule has 0 aromatic carbocycles. The van der Waals surface area contributed by atoms with Gasteiger partial charge in [-0.1, -0.05) is 44.7 Å². The zero-order valence-electron chi connectivity index (χ0n) is 17.5. The van der Waals surface area contributed by atoms with Crippen molar-refractivity contribution in [3.05, 3.63) is 11.7 Å². The zero-order chi connectivity index (χ0) is 20.4. The molecule has 1 aromatic rings. The number of aromatic nitrogens is 2. The zero-order valence-corrected chi connectivity index (χ0v) is 18.4. The first-order chi connectivity index (χ1) is 12.7. The number of ether oxygens (including phenoxy) is 1. The summed E-state index contributed by atoms with van der Waals surface area (Å²) in [4.78, 5) is 16.8. The third kappa shape index (κ3) is 8.93. The van der Waals surface area contributed by atoms with Gasteiger partial charge < -0.3 is 9.26 Å². The van der Waals surface area contributed by atoms with Crippen LogP contribution in [0.3, 0.4) is 0 Å². The van der Waals surface area contributed by atoms with Gasteiger partial charge in [0.1, 0.15) is 5.60 Å². The molecule has 1 aromatic heterocycles. The Kier molecular flexibility index (Phi) is 10.1. The van der Waals surface area contributed by atoms with E-state index in [1.807, 2.05) is 0 Å². The average Bonchev–Trinajstić information content (AvgIpc) is 3.03. The monoisotopic (exact) mass is 401 g/mol. The standard InChI is InChI=1S/C19H34N2O5P/c1-7-9-10-11-12-14(3)17-20-16(26-21-17)13-15(27(23)24-8-2)18(22)25-19(4,5)6/h14-15H,7-13H2,1-6H3/q+1/t14-,15?/m1/s1. The van der Waals surface area contributed by atoms with Crippen LogP contribution in [0.25, 0.3) is 0 Å². The van der Waals surface area contributed by atoms with Crippen molar-refractivity contribution in [2.75, 3.05) is 6.61 Å². The minimum atomic E-state index is -2.23. The van der Waals surface area contributed by atoms with E-state index in [4.69, 9.17) is 13.8 Å². The summed E-state index contributed by atoms with van der Waals surface area (Å²) in [5.74, 6) is 0.504. The maximum absolute atomic E-state index is 12.4. The smallest absolute Gasteiger partial charge is 0.457 e. The lowest BCUT2D eigenvalue weighted by molar-refractivity contribution is -0.154. The van der Waals surface area contributed by atoms with Crippen LogP contribution in [-0.4, -0.2) is 34.0 Å². The van der Waals surface area contributed by atoms with Crippen LogP contribution in [0.5, 0.6) is 0 Å². The number of rotatable bonds is 12. The van der Waals surface area contributed by atoms with Crippen molar-refractivity contribution in [2.45, 2.75) is 97.2 Å². The summed E-state index contributed by atoms with van der Waals surface area (Å²) < 4.78 is 28.2. The Morgan fingerprint density at radius 1 is 1.22 bits per heavy atom. The van der Waals surface area contributed by atoms with Crippen LogP contribution in [0.15, 0.2) is 4.52 Å². The molecule has 7 nitrogen and oxygen atoms in total. The van der Waals surface area contributed by atoms with E-state index in [1.54, 1.807) is 27.7 Å². The molecule has 0 aliphatic rings. The van der Waals surface area contributed by atoms with Gasteiger partial charge in [0, 0.05) is 5.92 Å². The number of nitrogens with zero attached hydrogens (tertiary/aromatic N) is 2. The highest BCUT2D eigenvalue weighted by atomic mass is 31.1. The number of esters is 1. The Bertz CT molecular complexity index is 597. The van der Waals surface area contributed by atoms with Gasteiger partial charge in [-0.3, -0.25) is 0 Å². The van der Waals surface area contributed by atoms with E-state index in [9.17, 15) is 9.36 Å². The maximum Gasteiger partial charge on any atom is 0.523 e. The molecule has 0 saturated heterocycles. The number of carbonyl (C=O) groups excluding carboxylic acids is 1. The minimum absolute atomic E-state index is 0.0413. The third-order valence-corrected chi connectivity index (χ3v) is 5.39. The van der Waals surface area contributed by atoms with E-state index < -0.39 is 25.3 Å².